The van der Waals surface area contributed by atoms with Crippen LogP contribution in [0.25, 0.3) is 0 Å². The fourth-order valence-electron chi connectivity index (χ4n) is 4.06. The average Bonchev–Trinajstić information content (AvgIpc) is 2.99. The summed E-state index contributed by atoms with van der Waals surface area (Å²) in [4.78, 5) is 23.8. The predicted octanol–water partition coefficient (Wildman–Crippen LogP) is 1.96. The Kier molecular flexibility index (Phi) is 3.33. The Bertz CT molecular complexity index is 412. The second-order valence-corrected chi connectivity index (χ2v) is 6.18. The zero-order chi connectivity index (χ0) is 13.4. The summed E-state index contributed by atoms with van der Waals surface area (Å²) in [6, 6.07) is 0.263. The molecule has 3 aliphatic rings. The molecule has 19 heavy (non-hydrogen) atoms. The number of allylic oxidation sites excluding steroid dienone is 2. The molecule has 0 saturated heterocycles. The van der Waals surface area contributed by atoms with Crippen LogP contribution in [-0.4, -0.2) is 23.0 Å². The minimum atomic E-state index is -0.819. The topological polar surface area (TPSA) is 66.4 Å². The highest BCUT2D eigenvalue weighted by Crippen LogP contribution is 2.48. The van der Waals surface area contributed by atoms with Gasteiger partial charge in [-0.05, 0) is 31.1 Å². The zero-order valence-electron chi connectivity index (χ0n) is 11.0. The van der Waals surface area contributed by atoms with Crippen LogP contribution in [0.1, 0.15) is 38.5 Å². The largest absolute Gasteiger partial charge is 0.481 e. The van der Waals surface area contributed by atoms with E-state index in [9.17, 15) is 14.7 Å². The van der Waals surface area contributed by atoms with E-state index in [0.29, 0.717) is 0 Å². The second-order valence-electron chi connectivity index (χ2n) is 6.18. The molecule has 1 amide bonds. The smallest absolute Gasteiger partial charge is 0.307 e. The number of carboxylic acid groups (broad SMARTS) is 1. The van der Waals surface area contributed by atoms with Crippen molar-refractivity contribution in [2.45, 2.75) is 44.6 Å². The summed E-state index contributed by atoms with van der Waals surface area (Å²) in [6.45, 7) is 0. The first kappa shape index (κ1) is 12.7. The van der Waals surface area contributed by atoms with E-state index in [2.05, 4.69) is 5.32 Å². The molecule has 2 saturated carbocycles. The molecule has 4 heteroatoms. The lowest BCUT2D eigenvalue weighted by molar-refractivity contribution is -0.148. The molecule has 0 aromatic heterocycles. The van der Waals surface area contributed by atoms with Crippen LogP contribution in [-0.2, 0) is 9.59 Å². The quantitative estimate of drug-likeness (QED) is 0.765. The van der Waals surface area contributed by atoms with Crippen LogP contribution in [0.4, 0.5) is 0 Å². The van der Waals surface area contributed by atoms with E-state index in [4.69, 9.17) is 0 Å². The van der Waals surface area contributed by atoms with E-state index in [1.807, 2.05) is 12.2 Å². The van der Waals surface area contributed by atoms with Crippen molar-refractivity contribution in [1.29, 1.82) is 0 Å². The van der Waals surface area contributed by atoms with Gasteiger partial charge in [0.1, 0.15) is 0 Å². The highest BCUT2D eigenvalue weighted by Gasteiger charge is 2.51. The molecular weight excluding hydrogens is 242 g/mol. The van der Waals surface area contributed by atoms with Gasteiger partial charge in [-0.3, -0.25) is 9.59 Å². The zero-order valence-corrected chi connectivity index (χ0v) is 11.0. The van der Waals surface area contributed by atoms with E-state index >= 15 is 0 Å². The van der Waals surface area contributed by atoms with Gasteiger partial charge in [0.25, 0.3) is 0 Å². The molecule has 4 atom stereocenters. The van der Waals surface area contributed by atoms with Crippen molar-refractivity contribution < 1.29 is 14.7 Å². The monoisotopic (exact) mass is 263 g/mol. The molecule has 0 aromatic carbocycles. The van der Waals surface area contributed by atoms with Gasteiger partial charge in [0.2, 0.25) is 5.91 Å². The van der Waals surface area contributed by atoms with E-state index in [1.54, 1.807) is 0 Å². The third-order valence-electron chi connectivity index (χ3n) is 5.00. The summed E-state index contributed by atoms with van der Waals surface area (Å²) in [5.74, 6) is -1.52. The van der Waals surface area contributed by atoms with Crippen molar-refractivity contribution in [1.82, 2.24) is 5.32 Å². The first-order valence-electron chi connectivity index (χ1n) is 7.38. The van der Waals surface area contributed by atoms with Gasteiger partial charge in [-0.15, -0.1) is 0 Å². The van der Waals surface area contributed by atoms with Gasteiger partial charge in [-0.25, -0.2) is 0 Å². The average molecular weight is 263 g/mol. The molecule has 2 N–H and O–H groups in total. The maximum Gasteiger partial charge on any atom is 0.307 e. The second kappa shape index (κ2) is 4.99. The number of aliphatic carboxylic acids is 1. The highest BCUT2D eigenvalue weighted by molar-refractivity contribution is 5.87. The molecule has 104 valence electrons. The van der Waals surface area contributed by atoms with Crippen molar-refractivity contribution in [3.8, 4) is 0 Å². The van der Waals surface area contributed by atoms with E-state index in [1.165, 1.54) is 19.3 Å². The SMILES string of the molecule is O=C(NC1CCCCC1)C1C(C(=O)O)[C@H]2C=C[C@@H]1C2. The molecule has 2 fully saturated rings. The number of carbonyl (C=O) groups is 2. The van der Waals surface area contributed by atoms with Crippen LogP contribution in [0.5, 0.6) is 0 Å². The number of carbonyl (C=O) groups excluding carboxylic acids is 1. The molecule has 0 aromatic rings. The van der Waals surface area contributed by atoms with Crippen molar-refractivity contribution in [3.63, 3.8) is 0 Å². The molecule has 2 unspecified atom stereocenters. The normalized spacial score (nSPS) is 37.5. The molecule has 3 rings (SSSR count). The summed E-state index contributed by atoms with van der Waals surface area (Å²) in [5, 5.41) is 12.4. The highest BCUT2D eigenvalue weighted by atomic mass is 16.4. The number of carboxylic acids is 1. The third-order valence-corrected chi connectivity index (χ3v) is 5.00. The first-order chi connectivity index (χ1) is 9.16. The van der Waals surface area contributed by atoms with Gasteiger partial charge in [0.05, 0.1) is 11.8 Å². The number of fused-ring (bicyclic) bond motifs is 2. The Labute approximate surface area is 113 Å². The van der Waals surface area contributed by atoms with Crippen molar-refractivity contribution in [2.24, 2.45) is 23.7 Å². The van der Waals surface area contributed by atoms with Gasteiger partial charge >= 0.3 is 5.97 Å². The van der Waals surface area contributed by atoms with Crippen LogP contribution in [0.3, 0.4) is 0 Å². The summed E-state index contributed by atoms with van der Waals surface area (Å²) in [7, 11) is 0. The lowest BCUT2D eigenvalue weighted by Crippen LogP contribution is -2.45. The molecule has 4 nitrogen and oxygen atoms in total. The summed E-state index contributed by atoms with van der Waals surface area (Å²) in [5.41, 5.74) is 0. The molecule has 3 aliphatic carbocycles. The Hall–Kier alpha value is -1.32. The molecule has 2 bridgehead atoms. The molecule has 0 aliphatic heterocycles. The third kappa shape index (κ3) is 2.28. The maximum atomic E-state index is 12.4. The van der Waals surface area contributed by atoms with Crippen LogP contribution >= 0.6 is 0 Å². The van der Waals surface area contributed by atoms with Crippen LogP contribution < -0.4 is 5.32 Å². The van der Waals surface area contributed by atoms with Gasteiger partial charge in [0, 0.05) is 6.04 Å². The van der Waals surface area contributed by atoms with Crippen LogP contribution in [0, 0.1) is 23.7 Å². The number of rotatable bonds is 3. The number of nitrogens with one attached hydrogen (secondary N) is 1. The molecule has 0 radical (unpaired) electrons. The lowest BCUT2D eigenvalue weighted by atomic mass is 9.82. The molecule has 0 spiro atoms. The fourth-order valence-corrected chi connectivity index (χ4v) is 4.06. The van der Waals surface area contributed by atoms with E-state index in [0.717, 1.165) is 19.3 Å². The van der Waals surface area contributed by atoms with Crippen molar-refractivity contribution in [2.75, 3.05) is 0 Å². The predicted molar refractivity (Wildman–Crippen MR) is 70.4 cm³/mol. The molecule has 0 heterocycles. The Morgan fingerprint density at radius 1 is 1.00 bits per heavy atom. The molecular formula is C15H21NO3. The number of hydrogen-bond acceptors (Lipinski definition) is 2. The summed E-state index contributed by atoms with van der Waals surface area (Å²) < 4.78 is 0. The van der Waals surface area contributed by atoms with Gasteiger partial charge < -0.3 is 10.4 Å². The Morgan fingerprint density at radius 3 is 2.26 bits per heavy atom. The standard InChI is InChI=1S/C15H21NO3/c17-14(16-11-4-2-1-3-5-11)12-9-6-7-10(8-9)13(12)15(18)19/h6-7,9-13H,1-5,8H2,(H,16,17)(H,18,19)/t9-,10+,12?,13?/m1/s1. The maximum absolute atomic E-state index is 12.4. The van der Waals surface area contributed by atoms with Crippen LogP contribution in [0.15, 0.2) is 12.2 Å². The van der Waals surface area contributed by atoms with Gasteiger partial charge in [-0.2, -0.15) is 0 Å². The fraction of sp³-hybridized carbons (Fsp3) is 0.733. The number of amides is 1. The van der Waals surface area contributed by atoms with E-state index in [-0.39, 0.29) is 29.7 Å². The Balaban J connectivity index is 1.68. The Morgan fingerprint density at radius 2 is 1.63 bits per heavy atom. The minimum absolute atomic E-state index is 0.0313. The minimum Gasteiger partial charge on any atom is -0.481 e. The van der Waals surface area contributed by atoms with Crippen LogP contribution in [0.2, 0.25) is 0 Å². The van der Waals surface area contributed by atoms with Gasteiger partial charge in [-0.1, -0.05) is 31.4 Å². The summed E-state index contributed by atoms with van der Waals surface area (Å²) >= 11 is 0. The van der Waals surface area contributed by atoms with Crippen molar-refractivity contribution in [3.05, 3.63) is 12.2 Å². The lowest BCUT2D eigenvalue weighted by Gasteiger charge is -2.28. The first-order valence-corrected chi connectivity index (χ1v) is 7.38. The number of hydrogen-bond donors (Lipinski definition) is 2. The van der Waals surface area contributed by atoms with Crippen molar-refractivity contribution >= 4 is 11.9 Å². The summed E-state index contributed by atoms with van der Waals surface area (Å²) in [6.07, 6.45) is 10.5. The van der Waals surface area contributed by atoms with E-state index < -0.39 is 11.9 Å². The van der Waals surface area contributed by atoms with Gasteiger partial charge in [0.15, 0.2) is 0 Å².